The summed E-state index contributed by atoms with van der Waals surface area (Å²) in [6, 6.07) is 0. The Labute approximate surface area is 169 Å². The molecule has 1 atom stereocenters. The van der Waals surface area contributed by atoms with Crippen LogP contribution in [-0.2, 0) is 17.9 Å². The quantitative estimate of drug-likeness (QED) is 0.771. The molecule has 5 nitrogen and oxygen atoms in total. The van der Waals surface area contributed by atoms with Gasteiger partial charge in [0.05, 0.1) is 27.9 Å². The predicted octanol–water partition coefficient (Wildman–Crippen LogP) is 4.07. The Balaban J connectivity index is 1.46. The monoisotopic (exact) mass is 404 g/mol. The van der Waals surface area contributed by atoms with E-state index in [1.54, 1.807) is 11.3 Å². The molecule has 1 unspecified atom stereocenters. The number of carbonyl (C=O) groups is 1. The summed E-state index contributed by atoms with van der Waals surface area (Å²) < 4.78 is 0. The minimum Gasteiger partial charge on any atom is -0.331 e. The summed E-state index contributed by atoms with van der Waals surface area (Å²) in [5.41, 5.74) is 2.25. The van der Waals surface area contributed by atoms with Crippen LogP contribution in [0.25, 0.3) is 0 Å². The van der Waals surface area contributed by atoms with E-state index in [0.717, 1.165) is 61.0 Å². The Morgan fingerprint density at radius 3 is 2.63 bits per heavy atom. The highest BCUT2D eigenvalue weighted by atomic mass is 32.1. The first-order chi connectivity index (χ1) is 12.9. The van der Waals surface area contributed by atoms with Crippen LogP contribution in [0.4, 0.5) is 0 Å². The summed E-state index contributed by atoms with van der Waals surface area (Å²) in [5.74, 6) is 0.308. The Bertz CT molecular complexity index is 830. The molecule has 2 aromatic rings. The molecule has 0 aliphatic carbocycles. The van der Waals surface area contributed by atoms with Gasteiger partial charge in [0.15, 0.2) is 0 Å². The lowest BCUT2D eigenvalue weighted by Gasteiger charge is -2.38. The lowest BCUT2D eigenvalue weighted by Crippen LogP contribution is -2.46. The number of carbonyl (C=O) groups excluding carboxylic acids is 1. The summed E-state index contributed by atoms with van der Waals surface area (Å²) in [6.45, 7) is 10.1. The fourth-order valence-corrected chi connectivity index (χ4v) is 6.19. The Kier molecular flexibility index (Phi) is 5.36. The van der Waals surface area contributed by atoms with E-state index < -0.39 is 0 Å². The van der Waals surface area contributed by atoms with Gasteiger partial charge in [0.1, 0.15) is 0 Å². The molecule has 4 heterocycles. The van der Waals surface area contributed by atoms with Gasteiger partial charge >= 0.3 is 0 Å². The molecular weight excluding hydrogens is 376 g/mol. The first-order valence-corrected chi connectivity index (χ1v) is 11.5. The third kappa shape index (κ3) is 3.96. The summed E-state index contributed by atoms with van der Waals surface area (Å²) in [4.78, 5) is 28.0. The average Bonchev–Trinajstić information content (AvgIpc) is 3.21. The Morgan fingerprint density at radius 2 is 1.93 bits per heavy atom. The fourth-order valence-electron chi connectivity index (χ4n) is 4.61. The van der Waals surface area contributed by atoms with Gasteiger partial charge in [-0.2, -0.15) is 0 Å². The van der Waals surface area contributed by atoms with Crippen LogP contribution in [-0.4, -0.2) is 44.3 Å². The summed E-state index contributed by atoms with van der Waals surface area (Å²) >= 11 is 3.49. The molecule has 2 fully saturated rings. The van der Waals surface area contributed by atoms with Gasteiger partial charge < -0.3 is 4.90 Å². The number of likely N-dealkylation sites (tertiary alicyclic amines) is 2. The first-order valence-electron chi connectivity index (χ1n) is 9.82. The normalized spacial score (nSPS) is 24.1. The van der Waals surface area contributed by atoms with E-state index in [-0.39, 0.29) is 5.54 Å². The van der Waals surface area contributed by atoms with E-state index in [4.69, 9.17) is 0 Å². The van der Waals surface area contributed by atoms with Crippen LogP contribution in [0.2, 0.25) is 0 Å². The van der Waals surface area contributed by atoms with Crippen molar-refractivity contribution in [2.45, 2.75) is 71.5 Å². The average molecular weight is 405 g/mol. The number of amides is 1. The predicted molar refractivity (Wildman–Crippen MR) is 110 cm³/mol. The Hall–Kier alpha value is -1.31. The molecule has 2 aliphatic heterocycles. The zero-order valence-corrected chi connectivity index (χ0v) is 18.1. The van der Waals surface area contributed by atoms with E-state index in [9.17, 15) is 4.79 Å². The molecular formula is C20H28N4OS2. The topological polar surface area (TPSA) is 49.3 Å². The molecule has 146 valence electrons. The highest BCUT2D eigenvalue weighted by molar-refractivity contribution is 7.11. The first kappa shape index (κ1) is 19.0. The van der Waals surface area contributed by atoms with Crippen molar-refractivity contribution in [3.63, 3.8) is 0 Å². The summed E-state index contributed by atoms with van der Waals surface area (Å²) in [5, 5.41) is 4.33. The van der Waals surface area contributed by atoms with Gasteiger partial charge in [-0.05, 0) is 53.0 Å². The summed E-state index contributed by atoms with van der Waals surface area (Å²) in [7, 11) is 0. The van der Waals surface area contributed by atoms with Crippen molar-refractivity contribution in [1.29, 1.82) is 0 Å². The molecule has 0 N–H and O–H groups in total. The van der Waals surface area contributed by atoms with Gasteiger partial charge in [-0.25, -0.2) is 9.97 Å². The standard InChI is InChI=1S/C20H28N4OS2/c1-14-18(27-16(3)21-14)12-23-9-4-6-20(8-10-23)7-5-19(25)24(20)11-17-13-26-15(2)22-17/h13H,4-12H2,1-3H3. The van der Waals surface area contributed by atoms with Gasteiger partial charge in [0, 0.05) is 35.3 Å². The highest BCUT2D eigenvalue weighted by Crippen LogP contribution is 2.40. The maximum absolute atomic E-state index is 12.7. The van der Waals surface area contributed by atoms with Gasteiger partial charge in [-0.1, -0.05) is 0 Å². The molecule has 1 amide bonds. The molecule has 7 heteroatoms. The maximum Gasteiger partial charge on any atom is 0.223 e. The van der Waals surface area contributed by atoms with Crippen molar-refractivity contribution < 1.29 is 4.79 Å². The van der Waals surface area contributed by atoms with Crippen molar-refractivity contribution in [3.8, 4) is 0 Å². The number of aromatic nitrogens is 2. The van der Waals surface area contributed by atoms with Crippen LogP contribution in [0.3, 0.4) is 0 Å². The fraction of sp³-hybridized carbons (Fsp3) is 0.650. The van der Waals surface area contributed by atoms with Crippen molar-refractivity contribution in [3.05, 3.63) is 31.7 Å². The lowest BCUT2D eigenvalue weighted by molar-refractivity contribution is -0.132. The number of hydrogen-bond acceptors (Lipinski definition) is 6. The highest BCUT2D eigenvalue weighted by Gasteiger charge is 2.45. The second kappa shape index (κ2) is 7.60. The molecule has 0 saturated carbocycles. The molecule has 1 spiro atoms. The Morgan fingerprint density at radius 1 is 1.07 bits per heavy atom. The molecule has 2 aromatic heterocycles. The molecule has 0 bridgehead atoms. The van der Waals surface area contributed by atoms with Crippen molar-refractivity contribution >= 4 is 28.6 Å². The molecule has 0 aromatic carbocycles. The minimum absolute atomic E-state index is 0.0298. The van der Waals surface area contributed by atoms with Crippen LogP contribution in [0.15, 0.2) is 5.38 Å². The van der Waals surface area contributed by atoms with E-state index in [2.05, 4.69) is 39.0 Å². The van der Waals surface area contributed by atoms with Crippen LogP contribution in [0.5, 0.6) is 0 Å². The van der Waals surface area contributed by atoms with Crippen LogP contribution in [0, 0.1) is 20.8 Å². The molecule has 0 radical (unpaired) electrons. The number of aryl methyl sites for hydroxylation is 3. The third-order valence-corrected chi connectivity index (χ3v) is 7.92. The lowest BCUT2D eigenvalue weighted by atomic mass is 9.87. The van der Waals surface area contributed by atoms with Crippen LogP contribution in [0.1, 0.15) is 58.4 Å². The molecule has 2 aliphatic rings. The van der Waals surface area contributed by atoms with Crippen molar-refractivity contribution in [1.82, 2.24) is 19.8 Å². The van der Waals surface area contributed by atoms with Gasteiger partial charge in [0.2, 0.25) is 5.91 Å². The number of nitrogens with zero attached hydrogens (tertiary/aromatic N) is 4. The number of hydrogen-bond donors (Lipinski definition) is 0. The number of rotatable bonds is 4. The zero-order chi connectivity index (χ0) is 19.0. The zero-order valence-electron chi connectivity index (χ0n) is 16.5. The van der Waals surface area contributed by atoms with Gasteiger partial charge in [-0.3, -0.25) is 9.69 Å². The number of thiazole rings is 2. The van der Waals surface area contributed by atoms with Gasteiger partial charge in [-0.15, -0.1) is 22.7 Å². The largest absolute Gasteiger partial charge is 0.331 e. The van der Waals surface area contributed by atoms with Crippen LogP contribution < -0.4 is 0 Å². The smallest absolute Gasteiger partial charge is 0.223 e. The van der Waals surface area contributed by atoms with E-state index in [1.807, 2.05) is 18.3 Å². The molecule has 27 heavy (non-hydrogen) atoms. The van der Waals surface area contributed by atoms with Crippen molar-refractivity contribution in [2.24, 2.45) is 0 Å². The van der Waals surface area contributed by atoms with E-state index in [0.29, 0.717) is 18.9 Å². The maximum atomic E-state index is 12.7. The molecule has 2 saturated heterocycles. The second-order valence-electron chi connectivity index (χ2n) is 7.93. The van der Waals surface area contributed by atoms with Gasteiger partial charge in [0.25, 0.3) is 0 Å². The second-order valence-corrected chi connectivity index (χ2v) is 10.3. The SMILES string of the molecule is Cc1nc(CN2C(=O)CCC23CCCN(Cc2sc(C)nc2C)CC3)cs1. The minimum atomic E-state index is 0.0298. The van der Waals surface area contributed by atoms with E-state index >= 15 is 0 Å². The third-order valence-electron chi connectivity index (χ3n) is 6.04. The van der Waals surface area contributed by atoms with Crippen molar-refractivity contribution in [2.75, 3.05) is 13.1 Å². The van der Waals surface area contributed by atoms with Crippen LogP contribution >= 0.6 is 22.7 Å². The summed E-state index contributed by atoms with van der Waals surface area (Å²) in [6.07, 6.45) is 5.02. The van der Waals surface area contributed by atoms with E-state index in [1.165, 1.54) is 10.6 Å². The molecule has 4 rings (SSSR count).